The van der Waals surface area contributed by atoms with E-state index in [1.54, 1.807) is 25.6 Å². The number of para-hydroxylation sites is 1. The Morgan fingerprint density at radius 1 is 1.23 bits per heavy atom. The zero-order valence-electron chi connectivity index (χ0n) is 17.1. The highest BCUT2D eigenvalue weighted by atomic mass is 16.5. The van der Waals surface area contributed by atoms with Crippen LogP contribution in [-0.4, -0.2) is 46.6 Å². The van der Waals surface area contributed by atoms with E-state index in [0.717, 1.165) is 55.2 Å². The summed E-state index contributed by atoms with van der Waals surface area (Å²) in [5.74, 6) is 1.86. The molecule has 0 saturated carbocycles. The number of aromatic amines is 1. The first-order chi connectivity index (χ1) is 14.7. The summed E-state index contributed by atoms with van der Waals surface area (Å²) in [6, 6.07) is 13.3. The second-order valence-electron chi connectivity index (χ2n) is 7.49. The zero-order chi connectivity index (χ0) is 20.8. The molecule has 0 aliphatic carbocycles. The van der Waals surface area contributed by atoms with Crippen LogP contribution in [0.5, 0.6) is 5.75 Å². The molecule has 1 aromatic carbocycles. The number of benzene rings is 1. The van der Waals surface area contributed by atoms with Crippen LogP contribution >= 0.6 is 0 Å². The first kappa shape index (κ1) is 20.0. The van der Waals surface area contributed by atoms with Crippen LogP contribution in [0.4, 0.5) is 0 Å². The van der Waals surface area contributed by atoms with Crippen molar-refractivity contribution in [2.75, 3.05) is 26.7 Å². The second kappa shape index (κ2) is 9.50. The van der Waals surface area contributed by atoms with Crippen molar-refractivity contribution in [3.63, 3.8) is 0 Å². The van der Waals surface area contributed by atoms with Crippen molar-refractivity contribution in [1.82, 2.24) is 19.9 Å². The van der Waals surface area contributed by atoms with E-state index in [9.17, 15) is 4.79 Å². The van der Waals surface area contributed by atoms with E-state index in [-0.39, 0.29) is 11.5 Å². The largest absolute Gasteiger partial charge is 0.496 e. The van der Waals surface area contributed by atoms with Gasteiger partial charge in [0.1, 0.15) is 11.6 Å². The highest BCUT2D eigenvalue weighted by molar-refractivity contribution is 5.58. The van der Waals surface area contributed by atoms with Gasteiger partial charge in [0.25, 0.3) is 5.56 Å². The molecule has 3 aromatic rings. The fourth-order valence-corrected chi connectivity index (χ4v) is 3.92. The SMILES string of the molecule is COc1ccccc1/C=C/CN1CCC[C@H](c2nc(-c3ccncc3)cc(=O)[nH]2)C1. The van der Waals surface area contributed by atoms with Gasteiger partial charge in [0.2, 0.25) is 0 Å². The van der Waals surface area contributed by atoms with E-state index in [0.29, 0.717) is 5.69 Å². The number of H-pyrrole nitrogens is 1. The van der Waals surface area contributed by atoms with Gasteiger partial charge < -0.3 is 9.72 Å². The van der Waals surface area contributed by atoms with Crippen molar-refractivity contribution >= 4 is 6.08 Å². The molecular formula is C24H26N4O2. The van der Waals surface area contributed by atoms with Crippen molar-refractivity contribution in [2.24, 2.45) is 0 Å². The normalized spacial score (nSPS) is 17.3. The van der Waals surface area contributed by atoms with Crippen LogP contribution in [0.25, 0.3) is 17.3 Å². The number of piperidine rings is 1. The maximum atomic E-state index is 12.3. The molecule has 30 heavy (non-hydrogen) atoms. The molecule has 6 heteroatoms. The van der Waals surface area contributed by atoms with Crippen LogP contribution in [0, 0.1) is 0 Å². The van der Waals surface area contributed by atoms with E-state index >= 15 is 0 Å². The fourth-order valence-electron chi connectivity index (χ4n) is 3.92. The van der Waals surface area contributed by atoms with Crippen molar-refractivity contribution in [3.05, 3.63) is 82.7 Å². The van der Waals surface area contributed by atoms with Crippen molar-refractivity contribution in [2.45, 2.75) is 18.8 Å². The number of hydrogen-bond donors (Lipinski definition) is 1. The van der Waals surface area contributed by atoms with Gasteiger partial charge in [-0.3, -0.25) is 14.7 Å². The molecule has 0 amide bonds. The Labute approximate surface area is 176 Å². The van der Waals surface area contributed by atoms with Crippen molar-refractivity contribution in [3.8, 4) is 17.0 Å². The van der Waals surface area contributed by atoms with E-state index in [1.807, 2.05) is 36.4 Å². The van der Waals surface area contributed by atoms with Crippen LogP contribution < -0.4 is 10.3 Å². The standard InChI is InChI=1S/C24H26N4O2/c1-30-22-9-3-2-6-19(22)7-4-14-28-15-5-8-20(17-28)24-26-21(16-23(29)27-24)18-10-12-25-13-11-18/h2-4,6-7,9-13,16,20H,5,8,14-15,17H2,1H3,(H,26,27,29)/b7-4+/t20-/m0/s1. The summed E-state index contributed by atoms with van der Waals surface area (Å²) in [7, 11) is 1.69. The first-order valence-electron chi connectivity index (χ1n) is 10.3. The summed E-state index contributed by atoms with van der Waals surface area (Å²) < 4.78 is 5.41. The van der Waals surface area contributed by atoms with Gasteiger partial charge in [-0.1, -0.05) is 30.4 Å². The van der Waals surface area contributed by atoms with Crippen LogP contribution in [0.2, 0.25) is 0 Å². The Kier molecular flexibility index (Phi) is 6.35. The van der Waals surface area contributed by atoms with Gasteiger partial charge in [-0.05, 0) is 37.6 Å². The van der Waals surface area contributed by atoms with E-state index in [1.165, 1.54) is 0 Å². The Bertz CT molecular complexity index is 1060. The highest BCUT2D eigenvalue weighted by Crippen LogP contribution is 2.26. The predicted octanol–water partition coefficient (Wildman–Crippen LogP) is 3.73. The van der Waals surface area contributed by atoms with E-state index in [2.05, 4.69) is 27.0 Å². The molecule has 1 fully saturated rings. The van der Waals surface area contributed by atoms with Crippen molar-refractivity contribution < 1.29 is 4.74 Å². The number of ether oxygens (including phenoxy) is 1. The van der Waals surface area contributed by atoms with Crippen LogP contribution in [0.1, 0.15) is 30.1 Å². The molecule has 1 N–H and O–H groups in total. The lowest BCUT2D eigenvalue weighted by atomic mass is 9.97. The van der Waals surface area contributed by atoms with Gasteiger partial charge in [-0.15, -0.1) is 0 Å². The third kappa shape index (κ3) is 4.83. The minimum atomic E-state index is -0.111. The number of methoxy groups -OCH3 is 1. The predicted molar refractivity (Wildman–Crippen MR) is 119 cm³/mol. The zero-order valence-corrected chi connectivity index (χ0v) is 17.1. The molecule has 154 valence electrons. The summed E-state index contributed by atoms with van der Waals surface area (Å²) in [6.07, 6.45) is 9.81. The Morgan fingerprint density at radius 3 is 2.90 bits per heavy atom. The monoisotopic (exact) mass is 402 g/mol. The maximum Gasteiger partial charge on any atom is 0.251 e. The number of likely N-dealkylation sites (tertiary alicyclic amines) is 1. The summed E-state index contributed by atoms with van der Waals surface area (Å²) >= 11 is 0. The lowest BCUT2D eigenvalue weighted by molar-refractivity contribution is 0.224. The number of nitrogens with one attached hydrogen (secondary N) is 1. The number of hydrogen-bond acceptors (Lipinski definition) is 5. The highest BCUT2D eigenvalue weighted by Gasteiger charge is 2.23. The minimum absolute atomic E-state index is 0.111. The van der Waals surface area contributed by atoms with Gasteiger partial charge in [-0.25, -0.2) is 4.98 Å². The summed E-state index contributed by atoms with van der Waals surface area (Å²) in [5, 5.41) is 0. The van der Waals surface area contributed by atoms with Gasteiger partial charge in [-0.2, -0.15) is 0 Å². The third-order valence-corrected chi connectivity index (χ3v) is 5.43. The molecule has 0 radical (unpaired) electrons. The second-order valence-corrected chi connectivity index (χ2v) is 7.49. The number of nitrogens with zero attached hydrogens (tertiary/aromatic N) is 3. The molecule has 1 aliphatic heterocycles. The number of rotatable bonds is 6. The first-order valence-corrected chi connectivity index (χ1v) is 10.3. The molecule has 0 bridgehead atoms. The Balaban J connectivity index is 1.46. The van der Waals surface area contributed by atoms with Crippen molar-refractivity contribution in [1.29, 1.82) is 0 Å². The number of pyridine rings is 1. The van der Waals surface area contributed by atoms with E-state index in [4.69, 9.17) is 9.72 Å². The van der Waals surface area contributed by atoms with Gasteiger partial charge >= 0.3 is 0 Å². The molecule has 0 unspecified atom stereocenters. The molecule has 4 rings (SSSR count). The molecule has 1 aliphatic rings. The summed E-state index contributed by atoms with van der Waals surface area (Å²) in [6.45, 7) is 2.77. The Hall–Kier alpha value is -3.25. The van der Waals surface area contributed by atoms with Crippen LogP contribution in [0.15, 0.2) is 65.7 Å². The lowest BCUT2D eigenvalue weighted by Crippen LogP contribution is -2.35. The quantitative estimate of drug-likeness (QED) is 0.680. The molecular weight excluding hydrogens is 376 g/mol. The third-order valence-electron chi connectivity index (χ3n) is 5.43. The smallest absolute Gasteiger partial charge is 0.251 e. The average Bonchev–Trinajstić information content (AvgIpc) is 2.80. The number of aromatic nitrogens is 3. The van der Waals surface area contributed by atoms with Crippen LogP contribution in [-0.2, 0) is 0 Å². The molecule has 1 atom stereocenters. The van der Waals surface area contributed by atoms with Gasteiger partial charge in [0.15, 0.2) is 0 Å². The average molecular weight is 402 g/mol. The molecule has 2 aromatic heterocycles. The molecule has 0 spiro atoms. The minimum Gasteiger partial charge on any atom is -0.496 e. The lowest BCUT2D eigenvalue weighted by Gasteiger charge is -2.31. The molecule has 6 nitrogen and oxygen atoms in total. The fraction of sp³-hybridized carbons (Fsp3) is 0.292. The molecule has 3 heterocycles. The maximum absolute atomic E-state index is 12.3. The Morgan fingerprint density at radius 2 is 2.07 bits per heavy atom. The van der Waals surface area contributed by atoms with E-state index < -0.39 is 0 Å². The topological polar surface area (TPSA) is 71.1 Å². The van der Waals surface area contributed by atoms with Gasteiger partial charge in [0.05, 0.1) is 12.8 Å². The molecule has 1 saturated heterocycles. The summed E-state index contributed by atoms with van der Waals surface area (Å²) in [5.41, 5.74) is 2.57. The van der Waals surface area contributed by atoms with Crippen LogP contribution in [0.3, 0.4) is 0 Å². The summed E-state index contributed by atoms with van der Waals surface area (Å²) in [4.78, 5) is 26.4. The van der Waals surface area contributed by atoms with Gasteiger partial charge in [0, 0.05) is 48.6 Å².